The number of aryl methyl sites for hydroxylation is 1. The van der Waals surface area contributed by atoms with Crippen molar-refractivity contribution in [3.63, 3.8) is 0 Å². The molecule has 0 spiro atoms. The van der Waals surface area contributed by atoms with E-state index in [2.05, 4.69) is 30.5 Å². The van der Waals surface area contributed by atoms with Crippen LogP contribution in [0.5, 0.6) is 5.75 Å². The maximum atomic E-state index is 12.1. The van der Waals surface area contributed by atoms with Gasteiger partial charge in [-0.3, -0.25) is 4.99 Å². The van der Waals surface area contributed by atoms with Crippen LogP contribution in [0.3, 0.4) is 0 Å². The smallest absolute Gasteiger partial charge is 0.422 e. The molecule has 27 heavy (non-hydrogen) atoms. The number of benzene rings is 1. The number of aliphatic imine (C=N–C) groups is 1. The molecule has 2 rings (SSSR count). The lowest BCUT2D eigenvalue weighted by atomic mass is 10.2. The second-order valence-corrected chi connectivity index (χ2v) is 5.39. The fourth-order valence-corrected chi connectivity index (χ4v) is 2.00. The summed E-state index contributed by atoms with van der Waals surface area (Å²) in [6.45, 7) is 1.46. The van der Waals surface area contributed by atoms with E-state index in [1.165, 1.54) is 12.1 Å². The quantitative estimate of drug-likeness (QED) is 0.347. The lowest BCUT2D eigenvalue weighted by molar-refractivity contribution is -0.153. The standard InChI is InChI=1S/C16H20F3N5O2.HI/c1-11-23-14(26-24-11)7-8-21-15(20-2)22-9-12-3-5-13(6-4-12)25-10-16(17,18)19;/h3-6H,7-10H2,1-2H3,(H2,20,21,22);1H. The van der Waals surface area contributed by atoms with Gasteiger partial charge in [0.05, 0.1) is 0 Å². The molecular weight excluding hydrogens is 478 g/mol. The Morgan fingerprint density at radius 1 is 1.22 bits per heavy atom. The summed E-state index contributed by atoms with van der Waals surface area (Å²) >= 11 is 0. The summed E-state index contributed by atoms with van der Waals surface area (Å²) in [6, 6.07) is 6.37. The molecule has 0 saturated carbocycles. The Labute approximate surface area is 171 Å². The van der Waals surface area contributed by atoms with Crippen LogP contribution in [0.15, 0.2) is 33.8 Å². The molecular formula is C16H21F3IN5O2. The second kappa shape index (κ2) is 10.9. The highest BCUT2D eigenvalue weighted by atomic mass is 127. The lowest BCUT2D eigenvalue weighted by Crippen LogP contribution is -2.37. The van der Waals surface area contributed by atoms with Crippen molar-refractivity contribution in [3.05, 3.63) is 41.5 Å². The van der Waals surface area contributed by atoms with Crippen molar-refractivity contribution in [1.82, 2.24) is 20.8 Å². The van der Waals surface area contributed by atoms with Crippen LogP contribution in [0.4, 0.5) is 13.2 Å². The van der Waals surface area contributed by atoms with Crippen LogP contribution in [0.25, 0.3) is 0 Å². The van der Waals surface area contributed by atoms with Crippen molar-refractivity contribution >= 4 is 29.9 Å². The van der Waals surface area contributed by atoms with Crippen LogP contribution in [0.2, 0.25) is 0 Å². The Bertz CT molecular complexity index is 720. The zero-order chi connectivity index (χ0) is 19.0. The molecule has 0 aliphatic heterocycles. The molecule has 0 aliphatic rings. The number of hydrogen-bond acceptors (Lipinski definition) is 5. The first-order valence-electron chi connectivity index (χ1n) is 7.88. The van der Waals surface area contributed by atoms with E-state index >= 15 is 0 Å². The van der Waals surface area contributed by atoms with E-state index in [9.17, 15) is 13.2 Å². The Hall–Kier alpha value is -2.05. The number of guanidine groups is 1. The van der Waals surface area contributed by atoms with E-state index in [1.54, 1.807) is 26.1 Å². The van der Waals surface area contributed by atoms with Gasteiger partial charge < -0.3 is 19.9 Å². The van der Waals surface area contributed by atoms with Gasteiger partial charge in [-0.2, -0.15) is 18.2 Å². The van der Waals surface area contributed by atoms with Gasteiger partial charge in [-0.25, -0.2) is 0 Å². The van der Waals surface area contributed by atoms with Gasteiger partial charge in [0, 0.05) is 26.6 Å². The molecule has 0 fully saturated rings. The average Bonchev–Trinajstić information content (AvgIpc) is 3.01. The Morgan fingerprint density at radius 3 is 2.48 bits per heavy atom. The molecule has 2 aromatic rings. The number of nitrogens with zero attached hydrogens (tertiary/aromatic N) is 3. The highest BCUT2D eigenvalue weighted by molar-refractivity contribution is 14.0. The minimum atomic E-state index is -4.35. The summed E-state index contributed by atoms with van der Waals surface area (Å²) in [6.07, 6.45) is -3.79. The zero-order valence-electron chi connectivity index (χ0n) is 14.8. The SMILES string of the molecule is CN=C(NCCc1nc(C)no1)NCc1ccc(OCC(F)(F)F)cc1.I. The number of aromatic nitrogens is 2. The second-order valence-electron chi connectivity index (χ2n) is 5.39. The third-order valence-corrected chi connectivity index (χ3v) is 3.21. The zero-order valence-corrected chi connectivity index (χ0v) is 17.2. The number of rotatable bonds is 7. The summed E-state index contributed by atoms with van der Waals surface area (Å²) < 4.78 is 46.0. The van der Waals surface area contributed by atoms with E-state index in [4.69, 9.17) is 4.52 Å². The molecule has 1 aromatic carbocycles. The minimum absolute atomic E-state index is 0. The fraction of sp³-hybridized carbons (Fsp3) is 0.438. The lowest BCUT2D eigenvalue weighted by Gasteiger charge is -2.12. The predicted molar refractivity (Wildman–Crippen MR) is 104 cm³/mol. The number of ether oxygens (including phenoxy) is 1. The number of alkyl halides is 3. The molecule has 2 N–H and O–H groups in total. The van der Waals surface area contributed by atoms with E-state index in [-0.39, 0.29) is 29.7 Å². The minimum Gasteiger partial charge on any atom is -0.484 e. The monoisotopic (exact) mass is 499 g/mol. The normalized spacial score (nSPS) is 11.7. The van der Waals surface area contributed by atoms with Crippen LogP contribution in [-0.2, 0) is 13.0 Å². The van der Waals surface area contributed by atoms with E-state index in [1.807, 2.05) is 0 Å². The van der Waals surface area contributed by atoms with Gasteiger partial charge in [0.25, 0.3) is 0 Å². The first kappa shape index (κ1) is 23.0. The summed E-state index contributed by atoms with van der Waals surface area (Å²) in [7, 11) is 1.64. The van der Waals surface area contributed by atoms with Gasteiger partial charge in [0.2, 0.25) is 5.89 Å². The van der Waals surface area contributed by atoms with Gasteiger partial charge in [-0.1, -0.05) is 17.3 Å². The van der Waals surface area contributed by atoms with E-state index in [0.717, 1.165) is 5.56 Å². The Morgan fingerprint density at radius 2 is 1.93 bits per heavy atom. The van der Waals surface area contributed by atoms with Gasteiger partial charge in [0.15, 0.2) is 18.4 Å². The van der Waals surface area contributed by atoms with Crippen LogP contribution >= 0.6 is 24.0 Å². The van der Waals surface area contributed by atoms with Crippen molar-refractivity contribution in [2.75, 3.05) is 20.2 Å². The van der Waals surface area contributed by atoms with E-state index < -0.39 is 12.8 Å². The summed E-state index contributed by atoms with van der Waals surface area (Å²) in [5.41, 5.74) is 0.875. The third-order valence-electron chi connectivity index (χ3n) is 3.21. The van der Waals surface area contributed by atoms with Crippen LogP contribution in [-0.4, -0.2) is 42.5 Å². The van der Waals surface area contributed by atoms with Crippen molar-refractivity contribution in [2.45, 2.75) is 26.1 Å². The molecule has 11 heteroatoms. The number of halogens is 4. The average molecular weight is 499 g/mol. The highest BCUT2D eigenvalue weighted by Crippen LogP contribution is 2.18. The maximum Gasteiger partial charge on any atom is 0.422 e. The maximum absolute atomic E-state index is 12.1. The largest absolute Gasteiger partial charge is 0.484 e. The van der Waals surface area contributed by atoms with Gasteiger partial charge >= 0.3 is 6.18 Å². The summed E-state index contributed by atoms with van der Waals surface area (Å²) in [5.74, 6) is 1.88. The fourth-order valence-electron chi connectivity index (χ4n) is 2.00. The summed E-state index contributed by atoms with van der Waals surface area (Å²) in [4.78, 5) is 8.20. The summed E-state index contributed by atoms with van der Waals surface area (Å²) in [5, 5.41) is 9.92. The highest BCUT2D eigenvalue weighted by Gasteiger charge is 2.28. The molecule has 0 amide bonds. The first-order valence-corrected chi connectivity index (χ1v) is 7.88. The molecule has 0 saturated heterocycles. The molecule has 0 aliphatic carbocycles. The molecule has 0 bridgehead atoms. The Balaban J connectivity index is 0.00000364. The van der Waals surface area contributed by atoms with Crippen molar-refractivity contribution in [3.8, 4) is 5.75 Å². The van der Waals surface area contributed by atoms with Gasteiger partial charge in [0.1, 0.15) is 5.75 Å². The number of nitrogens with one attached hydrogen (secondary N) is 2. The molecule has 7 nitrogen and oxygen atoms in total. The third kappa shape index (κ3) is 8.93. The predicted octanol–water partition coefficient (Wildman–Crippen LogP) is 2.84. The van der Waals surface area contributed by atoms with Crippen molar-refractivity contribution in [1.29, 1.82) is 0 Å². The van der Waals surface area contributed by atoms with Gasteiger partial charge in [-0.05, 0) is 24.6 Å². The van der Waals surface area contributed by atoms with Crippen LogP contribution in [0, 0.1) is 6.92 Å². The van der Waals surface area contributed by atoms with Crippen LogP contribution in [0.1, 0.15) is 17.3 Å². The van der Waals surface area contributed by atoms with Crippen molar-refractivity contribution in [2.24, 2.45) is 4.99 Å². The molecule has 0 unspecified atom stereocenters. The van der Waals surface area contributed by atoms with E-state index in [0.29, 0.717) is 37.2 Å². The molecule has 0 atom stereocenters. The number of hydrogen-bond donors (Lipinski definition) is 2. The van der Waals surface area contributed by atoms with Crippen LogP contribution < -0.4 is 15.4 Å². The molecule has 1 heterocycles. The Kier molecular flexibility index (Phi) is 9.32. The van der Waals surface area contributed by atoms with Crippen molar-refractivity contribution < 1.29 is 22.4 Å². The first-order chi connectivity index (χ1) is 12.4. The topological polar surface area (TPSA) is 84.6 Å². The van der Waals surface area contributed by atoms with Gasteiger partial charge in [-0.15, -0.1) is 24.0 Å². The molecule has 0 radical (unpaired) electrons. The molecule has 1 aromatic heterocycles. The molecule has 150 valence electrons.